The van der Waals surface area contributed by atoms with Crippen molar-refractivity contribution in [3.8, 4) is 0 Å². The maximum atomic E-state index is 12.3. The zero-order chi connectivity index (χ0) is 13.9. The predicted molar refractivity (Wildman–Crippen MR) is 78.5 cm³/mol. The fourth-order valence-electron chi connectivity index (χ4n) is 2.36. The van der Waals surface area contributed by atoms with Crippen molar-refractivity contribution in [2.24, 2.45) is 0 Å². The van der Waals surface area contributed by atoms with E-state index in [1.807, 2.05) is 0 Å². The zero-order valence-electron chi connectivity index (χ0n) is 10.9. The maximum absolute atomic E-state index is 12.3. The van der Waals surface area contributed by atoms with Crippen molar-refractivity contribution in [1.82, 2.24) is 9.71 Å². The molecule has 0 amide bonds. The van der Waals surface area contributed by atoms with Gasteiger partial charge in [0.1, 0.15) is 4.90 Å². The van der Waals surface area contributed by atoms with Crippen molar-refractivity contribution < 1.29 is 8.42 Å². The number of sulfonamides is 1. The van der Waals surface area contributed by atoms with E-state index in [0.29, 0.717) is 5.25 Å². The van der Waals surface area contributed by atoms with Gasteiger partial charge in [0, 0.05) is 23.7 Å². The minimum absolute atomic E-state index is 0.00388. The van der Waals surface area contributed by atoms with Gasteiger partial charge >= 0.3 is 0 Å². The van der Waals surface area contributed by atoms with E-state index in [2.05, 4.69) is 16.0 Å². The Hall–Kier alpha value is -0.790. The summed E-state index contributed by atoms with van der Waals surface area (Å²) in [5, 5.41) is 0.535. The fourth-order valence-corrected chi connectivity index (χ4v) is 4.55. The second-order valence-electron chi connectivity index (χ2n) is 4.76. The third-order valence-corrected chi connectivity index (χ3v) is 6.05. The van der Waals surface area contributed by atoms with Crippen LogP contribution in [-0.2, 0) is 10.0 Å². The van der Waals surface area contributed by atoms with Crippen LogP contribution in [0.2, 0.25) is 0 Å². The first-order chi connectivity index (χ1) is 9.03. The fraction of sp³-hybridized carbons (Fsp3) is 0.583. The summed E-state index contributed by atoms with van der Waals surface area (Å²) in [6.07, 6.45) is 8.83. The molecule has 0 bridgehead atoms. The highest BCUT2D eigenvalue weighted by molar-refractivity contribution is 7.99. The van der Waals surface area contributed by atoms with Crippen LogP contribution in [0, 0.1) is 0 Å². The molecule has 106 valence electrons. The SMILES string of the molecule is CSC1CCCC(NS(=O)(=O)c2cnccc2N)C1. The first kappa shape index (κ1) is 14.6. The number of anilines is 1. The predicted octanol–water partition coefficient (Wildman–Crippen LogP) is 1.62. The van der Waals surface area contributed by atoms with Crippen LogP contribution in [0.1, 0.15) is 25.7 Å². The van der Waals surface area contributed by atoms with E-state index in [4.69, 9.17) is 5.73 Å². The van der Waals surface area contributed by atoms with Crippen LogP contribution < -0.4 is 10.5 Å². The van der Waals surface area contributed by atoms with Crippen LogP contribution in [-0.4, -0.2) is 30.9 Å². The molecule has 2 atom stereocenters. The molecule has 1 aromatic heterocycles. The van der Waals surface area contributed by atoms with Gasteiger partial charge in [0.25, 0.3) is 0 Å². The summed E-state index contributed by atoms with van der Waals surface area (Å²) in [7, 11) is -3.57. The van der Waals surface area contributed by atoms with Crippen LogP contribution >= 0.6 is 11.8 Å². The van der Waals surface area contributed by atoms with Crippen LogP contribution in [0.4, 0.5) is 5.69 Å². The number of aromatic nitrogens is 1. The molecule has 1 saturated carbocycles. The molecule has 1 heterocycles. The third-order valence-electron chi connectivity index (χ3n) is 3.39. The number of nitrogens with one attached hydrogen (secondary N) is 1. The number of nitrogen functional groups attached to an aromatic ring is 1. The Morgan fingerprint density at radius 3 is 2.95 bits per heavy atom. The lowest BCUT2D eigenvalue weighted by Gasteiger charge is -2.28. The van der Waals surface area contributed by atoms with Crippen molar-refractivity contribution in [2.75, 3.05) is 12.0 Å². The molecule has 2 unspecified atom stereocenters. The van der Waals surface area contributed by atoms with E-state index in [1.165, 1.54) is 18.5 Å². The van der Waals surface area contributed by atoms with Gasteiger partial charge in [-0.3, -0.25) is 4.98 Å². The smallest absolute Gasteiger partial charge is 0.244 e. The van der Waals surface area contributed by atoms with E-state index in [9.17, 15) is 8.42 Å². The van der Waals surface area contributed by atoms with Crippen LogP contribution in [0.15, 0.2) is 23.4 Å². The molecule has 0 aliphatic heterocycles. The number of hydrogen-bond donors (Lipinski definition) is 2. The zero-order valence-corrected chi connectivity index (χ0v) is 12.5. The Labute approximate surface area is 118 Å². The first-order valence-corrected chi connectivity index (χ1v) is 9.04. The molecule has 0 saturated heterocycles. The summed E-state index contributed by atoms with van der Waals surface area (Å²) >= 11 is 1.80. The number of rotatable bonds is 4. The van der Waals surface area contributed by atoms with E-state index in [-0.39, 0.29) is 16.6 Å². The van der Waals surface area contributed by atoms with Crippen molar-refractivity contribution in [3.05, 3.63) is 18.5 Å². The average molecular weight is 301 g/mol. The molecular weight excluding hydrogens is 282 g/mol. The monoisotopic (exact) mass is 301 g/mol. The Kier molecular flexibility index (Phi) is 4.70. The van der Waals surface area contributed by atoms with Gasteiger partial charge < -0.3 is 5.73 Å². The topological polar surface area (TPSA) is 85.1 Å². The van der Waals surface area contributed by atoms with Gasteiger partial charge in [-0.05, 0) is 31.6 Å². The van der Waals surface area contributed by atoms with E-state index < -0.39 is 10.0 Å². The van der Waals surface area contributed by atoms with Gasteiger partial charge in [-0.2, -0.15) is 11.8 Å². The molecule has 0 radical (unpaired) electrons. The molecule has 2 rings (SSSR count). The van der Waals surface area contributed by atoms with Crippen LogP contribution in [0.25, 0.3) is 0 Å². The second kappa shape index (κ2) is 6.11. The molecule has 7 heteroatoms. The van der Waals surface area contributed by atoms with Gasteiger partial charge in [0.15, 0.2) is 0 Å². The number of nitrogens with two attached hydrogens (primary N) is 1. The summed E-state index contributed by atoms with van der Waals surface area (Å²) in [4.78, 5) is 3.90. The average Bonchev–Trinajstić information content (AvgIpc) is 2.38. The standard InChI is InChI=1S/C12H19N3O2S2/c1-18-10-4-2-3-9(7-10)15-19(16,17)12-8-14-6-5-11(12)13/h5-6,8-10,15H,2-4,7H2,1H3,(H2,13,14). The van der Waals surface area contributed by atoms with Crippen molar-refractivity contribution >= 4 is 27.5 Å². The van der Waals surface area contributed by atoms with Crippen LogP contribution in [0.3, 0.4) is 0 Å². The molecule has 1 aliphatic carbocycles. The lowest BCUT2D eigenvalue weighted by Crippen LogP contribution is -2.39. The van der Waals surface area contributed by atoms with Gasteiger partial charge in [-0.25, -0.2) is 13.1 Å². The number of pyridine rings is 1. The van der Waals surface area contributed by atoms with Gasteiger partial charge in [-0.15, -0.1) is 0 Å². The molecule has 5 nitrogen and oxygen atoms in total. The van der Waals surface area contributed by atoms with Gasteiger partial charge in [0.2, 0.25) is 10.0 Å². The van der Waals surface area contributed by atoms with E-state index in [0.717, 1.165) is 25.7 Å². The number of thioether (sulfide) groups is 1. The van der Waals surface area contributed by atoms with Crippen molar-refractivity contribution in [2.45, 2.75) is 41.9 Å². The summed E-state index contributed by atoms with van der Waals surface area (Å²) in [6.45, 7) is 0. The Bertz CT molecular complexity index is 534. The Morgan fingerprint density at radius 2 is 2.26 bits per heavy atom. The summed E-state index contributed by atoms with van der Waals surface area (Å²) in [5.41, 5.74) is 5.94. The highest BCUT2D eigenvalue weighted by Crippen LogP contribution is 2.28. The van der Waals surface area contributed by atoms with E-state index in [1.54, 1.807) is 11.8 Å². The largest absolute Gasteiger partial charge is 0.398 e. The lowest BCUT2D eigenvalue weighted by atomic mass is 9.96. The first-order valence-electron chi connectivity index (χ1n) is 6.27. The van der Waals surface area contributed by atoms with Gasteiger partial charge in [-0.1, -0.05) is 6.42 Å². The molecule has 1 fully saturated rings. The summed E-state index contributed by atoms with van der Waals surface area (Å²) < 4.78 is 27.3. The molecule has 1 aromatic rings. The quantitative estimate of drug-likeness (QED) is 0.882. The molecule has 3 N–H and O–H groups in total. The second-order valence-corrected chi connectivity index (χ2v) is 7.58. The maximum Gasteiger partial charge on any atom is 0.244 e. The highest BCUT2D eigenvalue weighted by Gasteiger charge is 2.27. The Morgan fingerprint density at radius 1 is 1.47 bits per heavy atom. The molecule has 19 heavy (non-hydrogen) atoms. The number of hydrogen-bond acceptors (Lipinski definition) is 5. The van der Waals surface area contributed by atoms with Crippen molar-refractivity contribution in [1.29, 1.82) is 0 Å². The molecule has 0 spiro atoms. The van der Waals surface area contributed by atoms with Crippen molar-refractivity contribution in [3.63, 3.8) is 0 Å². The molecular formula is C12H19N3O2S2. The third kappa shape index (κ3) is 3.61. The van der Waals surface area contributed by atoms with Gasteiger partial charge in [0.05, 0.1) is 5.69 Å². The summed E-state index contributed by atoms with van der Waals surface area (Å²) in [5.74, 6) is 0. The van der Waals surface area contributed by atoms with E-state index >= 15 is 0 Å². The summed E-state index contributed by atoms with van der Waals surface area (Å²) in [6, 6.07) is 1.50. The highest BCUT2D eigenvalue weighted by atomic mass is 32.2. The van der Waals surface area contributed by atoms with Crippen LogP contribution in [0.5, 0.6) is 0 Å². The number of nitrogens with zero attached hydrogens (tertiary/aromatic N) is 1. The lowest BCUT2D eigenvalue weighted by molar-refractivity contribution is 0.421. The molecule has 0 aromatic carbocycles. The normalized spacial score (nSPS) is 24.3. The minimum atomic E-state index is -3.57. The molecule has 1 aliphatic rings. The minimum Gasteiger partial charge on any atom is -0.398 e. The Balaban J connectivity index is 2.11.